The normalized spacial score (nSPS) is 18.1. The summed E-state index contributed by atoms with van der Waals surface area (Å²) in [6.07, 6.45) is 3.59. The number of carbonyl (C=O) groups excluding carboxylic acids is 1. The Hall–Kier alpha value is -1.39. The molecule has 0 aliphatic carbocycles. The molecular formula is C19H29NO3. The Morgan fingerprint density at radius 2 is 1.91 bits per heavy atom. The van der Waals surface area contributed by atoms with E-state index in [1.807, 2.05) is 18.2 Å². The number of hydrogen-bond donors (Lipinski definition) is 1. The molecule has 1 aliphatic rings. The van der Waals surface area contributed by atoms with E-state index in [-0.39, 0.29) is 0 Å². The molecule has 0 bridgehead atoms. The molecular weight excluding hydrogens is 290 g/mol. The van der Waals surface area contributed by atoms with Crippen LogP contribution in [-0.2, 0) is 15.1 Å². The number of nitrogens with zero attached hydrogens (tertiary/aromatic N) is 1. The van der Waals surface area contributed by atoms with Crippen molar-refractivity contribution < 1.29 is 14.6 Å². The summed E-state index contributed by atoms with van der Waals surface area (Å²) in [5.74, 6) is -0.105. The van der Waals surface area contributed by atoms with E-state index in [1.54, 1.807) is 12.1 Å². The molecule has 4 nitrogen and oxygen atoms in total. The van der Waals surface area contributed by atoms with Gasteiger partial charge in [-0.15, -0.1) is 0 Å². The van der Waals surface area contributed by atoms with Crippen LogP contribution in [0.25, 0.3) is 0 Å². The van der Waals surface area contributed by atoms with E-state index >= 15 is 0 Å². The van der Waals surface area contributed by atoms with Crippen molar-refractivity contribution in [3.63, 3.8) is 0 Å². The highest BCUT2D eigenvalue weighted by atomic mass is 16.5. The van der Waals surface area contributed by atoms with Crippen molar-refractivity contribution in [2.24, 2.45) is 5.92 Å². The molecule has 1 aromatic rings. The molecule has 1 aromatic carbocycles. The van der Waals surface area contributed by atoms with E-state index in [1.165, 1.54) is 12.8 Å². The van der Waals surface area contributed by atoms with E-state index in [4.69, 9.17) is 4.74 Å². The molecule has 0 amide bonds. The number of hydrogen-bond acceptors (Lipinski definition) is 4. The third kappa shape index (κ3) is 5.05. The van der Waals surface area contributed by atoms with E-state index in [2.05, 4.69) is 18.7 Å². The molecule has 1 aliphatic heterocycles. The average Bonchev–Trinajstić information content (AvgIpc) is 3.06. The third-order valence-electron chi connectivity index (χ3n) is 4.51. The van der Waals surface area contributed by atoms with Crippen LogP contribution in [0.2, 0.25) is 0 Å². The molecule has 0 spiro atoms. The van der Waals surface area contributed by atoms with Crippen LogP contribution in [0.1, 0.15) is 45.1 Å². The first-order valence-electron chi connectivity index (χ1n) is 8.70. The van der Waals surface area contributed by atoms with Crippen LogP contribution in [0.15, 0.2) is 30.3 Å². The molecule has 23 heavy (non-hydrogen) atoms. The fraction of sp³-hybridized carbons (Fsp3) is 0.632. The van der Waals surface area contributed by atoms with Crippen LogP contribution < -0.4 is 0 Å². The number of rotatable bonds is 8. The van der Waals surface area contributed by atoms with Gasteiger partial charge < -0.3 is 9.84 Å². The molecule has 0 saturated carbocycles. The maximum Gasteiger partial charge on any atom is 0.342 e. The SMILES string of the molecule is CC(C)CCC(O)(C(=O)OCCN1CCCC1)c1ccccc1. The molecule has 128 valence electrons. The Morgan fingerprint density at radius 3 is 2.52 bits per heavy atom. The summed E-state index contributed by atoms with van der Waals surface area (Å²) in [4.78, 5) is 14.9. The molecule has 2 rings (SSSR count). The second-order valence-corrected chi connectivity index (χ2v) is 6.84. The number of ether oxygens (including phenoxy) is 1. The monoisotopic (exact) mass is 319 g/mol. The topological polar surface area (TPSA) is 49.8 Å². The van der Waals surface area contributed by atoms with Gasteiger partial charge in [0.1, 0.15) is 6.61 Å². The lowest BCUT2D eigenvalue weighted by molar-refractivity contribution is -0.168. The number of esters is 1. The number of benzene rings is 1. The second kappa shape index (κ2) is 8.46. The summed E-state index contributed by atoms with van der Waals surface area (Å²) in [5.41, 5.74) is -0.928. The van der Waals surface area contributed by atoms with Gasteiger partial charge in [-0.3, -0.25) is 4.90 Å². The minimum atomic E-state index is -1.55. The van der Waals surface area contributed by atoms with Crippen molar-refractivity contribution in [2.45, 2.75) is 45.1 Å². The van der Waals surface area contributed by atoms with Crippen LogP contribution in [0.3, 0.4) is 0 Å². The van der Waals surface area contributed by atoms with Gasteiger partial charge in [0, 0.05) is 6.54 Å². The van der Waals surface area contributed by atoms with Crippen LogP contribution in [0.4, 0.5) is 0 Å². The summed E-state index contributed by atoms with van der Waals surface area (Å²) in [6, 6.07) is 9.15. The number of aliphatic hydroxyl groups is 1. The van der Waals surface area contributed by atoms with Gasteiger partial charge in [0.15, 0.2) is 5.60 Å². The maximum absolute atomic E-state index is 12.6. The standard InChI is InChI=1S/C19H29NO3/c1-16(2)10-11-19(22,17-8-4-3-5-9-17)18(21)23-15-14-20-12-6-7-13-20/h3-5,8-9,16,22H,6-7,10-15H2,1-2H3. The van der Waals surface area contributed by atoms with E-state index in [9.17, 15) is 9.90 Å². The fourth-order valence-corrected chi connectivity index (χ4v) is 2.97. The zero-order valence-electron chi connectivity index (χ0n) is 14.3. The van der Waals surface area contributed by atoms with Crippen LogP contribution in [0, 0.1) is 5.92 Å². The lowest BCUT2D eigenvalue weighted by Crippen LogP contribution is -2.39. The highest BCUT2D eigenvalue weighted by Crippen LogP contribution is 2.29. The summed E-state index contributed by atoms with van der Waals surface area (Å²) in [7, 11) is 0. The Kier molecular flexibility index (Phi) is 6.60. The third-order valence-corrected chi connectivity index (χ3v) is 4.51. The molecule has 1 N–H and O–H groups in total. The van der Waals surface area contributed by atoms with E-state index in [0.29, 0.717) is 24.5 Å². The summed E-state index contributed by atoms with van der Waals surface area (Å²) < 4.78 is 5.43. The zero-order valence-corrected chi connectivity index (χ0v) is 14.3. The van der Waals surface area contributed by atoms with E-state index in [0.717, 1.165) is 26.1 Å². The van der Waals surface area contributed by atoms with Crippen molar-refractivity contribution in [2.75, 3.05) is 26.2 Å². The van der Waals surface area contributed by atoms with Gasteiger partial charge in [0.2, 0.25) is 0 Å². The van der Waals surface area contributed by atoms with Crippen LogP contribution in [0.5, 0.6) is 0 Å². The molecule has 1 fully saturated rings. The summed E-state index contributed by atoms with van der Waals surface area (Å²) >= 11 is 0. The van der Waals surface area contributed by atoms with Crippen LogP contribution in [-0.4, -0.2) is 42.2 Å². The average molecular weight is 319 g/mol. The van der Waals surface area contributed by atoms with Gasteiger partial charge in [-0.1, -0.05) is 44.2 Å². The molecule has 1 unspecified atom stereocenters. The molecule has 4 heteroatoms. The minimum Gasteiger partial charge on any atom is -0.462 e. The Bertz CT molecular complexity index is 483. The Labute approximate surface area is 139 Å². The molecule has 1 saturated heterocycles. The predicted octanol–water partition coefficient (Wildman–Crippen LogP) is 2.95. The first-order valence-corrected chi connectivity index (χ1v) is 8.70. The molecule has 0 aromatic heterocycles. The summed E-state index contributed by atoms with van der Waals surface area (Å²) in [6.45, 7) is 7.42. The van der Waals surface area contributed by atoms with Gasteiger partial charge >= 0.3 is 5.97 Å². The lowest BCUT2D eigenvalue weighted by Gasteiger charge is -2.27. The first kappa shape index (κ1) is 18.0. The number of likely N-dealkylation sites (tertiary alicyclic amines) is 1. The van der Waals surface area contributed by atoms with E-state index < -0.39 is 11.6 Å². The Balaban J connectivity index is 1.98. The maximum atomic E-state index is 12.6. The van der Waals surface area contributed by atoms with Crippen molar-refractivity contribution in [1.29, 1.82) is 0 Å². The lowest BCUT2D eigenvalue weighted by atomic mass is 9.87. The quantitative estimate of drug-likeness (QED) is 0.749. The molecule has 0 radical (unpaired) electrons. The Morgan fingerprint density at radius 1 is 1.26 bits per heavy atom. The smallest absolute Gasteiger partial charge is 0.342 e. The van der Waals surface area contributed by atoms with Gasteiger partial charge in [0.05, 0.1) is 0 Å². The molecule has 1 heterocycles. The van der Waals surface area contributed by atoms with Crippen molar-refractivity contribution in [3.8, 4) is 0 Å². The fourth-order valence-electron chi connectivity index (χ4n) is 2.97. The zero-order chi connectivity index (χ0) is 16.7. The highest BCUT2D eigenvalue weighted by Gasteiger charge is 2.39. The summed E-state index contributed by atoms with van der Waals surface area (Å²) in [5, 5.41) is 11.0. The number of carbonyl (C=O) groups is 1. The van der Waals surface area contributed by atoms with Gasteiger partial charge in [0.25, 0.3) is 0 Å². The largest absolute Gasteiger partial charge is 0.462 e. The van der Waals surface area contributed by atoms with Gasteiger partial charge in [-0.2, -0.15) is 0 Å². The highest BCUT2D eigenvalue weighted by molar-refractivity contribution is 5.81. The predicted molar refractivity (Wildman–Crippen MR) is 91.0 cm³/mol. The van der Waals surface area contributed by atoms with Crippen molar-refractivity contribution in [3.05, 3.63) is 35.9 Å². The molecule has 1 atom stereocenters. The minimum absolute atomic E-state index is 0.343. The van der Waals surface area contributed by atoms with Crippen LogP contribution >= 0.6 is 0 Å². The van der Waals surface area contributed by atoms with Gasteiger partial charge in [-0.25, -0.2) is 4.79 Å². The second-order valence-electron chi connectivity index (χ2n) is 6.84. The van der Waals surface area contributed by atoms with Crippen molar-refractivity contribution in [1.82, 2.24) is 4.90 Å². The first-order chi connectivity index (χ1) is 11.0. The van der Waals surface area contributed by atoms with Gasteiger partial charge in [-0.05, 0) is 50.3 Å². The van der Waals surface area contributed by atoms with Crippen molar-refractivity contribution >= 4 is 5.97 Å².